The monoisotopic (exact) mass is 667 g/mol. The fraction of sp³-hybridized carbons (Fsp3) is 0.222. The van der Waals surface area contributed by atoms with Gasteiger partial charge in [-0.2, -0.15) is 0 Å². The van der Waals surface area contributed by atoms with Crippen molar-refractivity contribution in [3.63, 3.8) is 0 Å². The van der Waals surface area contributed by atoms with Gasteiger partial charge in [-0.05, 0) is 61.0 Å². The number of nitrogens with one attached hydrogen (secondary N) is 2. The summed E-state index contributed by atoms with van der Waals surface area (Å²) in [5, 5.41) is 5.86. The fourth-order valence-electron chi connectivity index (χ4n) is 4.54. The number of hydrogen-bond donors (Lipinski definition) is 2. The molecule has 0 bridgehead atoms. The molecule has 0 saturated carbocycles. The number of aryl methyl sites for hydroxylation is 1. The first-order chi connectivity index (χ1) is 22.5. The molecule has 2 aromatic heterocycles. The van der Waals surface area contributed by atoms with E-state index < -0.39 is 16.6 Å². The molecule has 1 unspecified atom stereocenters. The van der Waals surface area contributed by atoms with E-state index in [-0.39, 0.29) is 24.7 Å². The summed E-state index contributed by atoms with van der Waals surface area (Å²) in [4.78, 5) is 53.9. The van der Waals surface area contributed by atoms with E-state index in [2.05, 4.69) is 25.6 Å². The number of ether oxygens (including phenoxy) is 1. The van der Waals surface area contributed by atoms with Crippen molar-refractivity contribution in [3.05, 3.63) is 102 Å². The fourth-order valence-corrected chi connectivity index (χ4v) is 5.99. The van der Waals surface area contributed by atoms with Crippen LogP contribution in [0.5, 0.6) is 5.75 Å². The standard InChI is InChI=1S/C36H34ClN5O4S/c1-22-12-15-25(37)29(19-22)42-35(45)32(33(44)36(2,3)4)47-30-11-6-5-9-26(30)40-31(43)16-18-46-24-14-13-23-21-39-34(41-28(23)20-24)27-10-7-8-17-38-27/h5-15,17,19-21,32H,16,18H2,1-4H3,(H,40,43)(H,42,45). The highest BCUT2D eigenvalue weighted by Gasteiger charge is 2.36. The van der Waals surface area contributed by atoms with Gasteiger partial charge in [0.2, 0.25) is 11.8 Å². The van der Waals surface area contributed by atoms with Crippen molar-refractivity contribution in [3.8, 4) is 17.3 Å². The number of amides is 2. The molecule has 0 saturated heterocycles. The highest BCUT2D eigenvalue weighted by Crippen LogP contribution is 2.35. The van der Waals surface area contributed by atoms with Gasteiger partial charge in [0.1, 0.15) is 16.7 Å². The zero-order valence-corrected chi connectivity index (χ0v) is 28.0. The number of Topliss-reactive ketones (excluding diaryl/α,β-unsaturated/α-hetero) is 1. The van der Waals surface area contributed by atoms with Crippen LogP contribution in [0, 0.1) is 12.3 Å². The van der Waals surface area contributed by atoms with Gasteiger partial charge in [0.15, 0.2) is 11.6 Å². The largest absolute Gasteiger partial charge is 0.493 e. The average molecular weight is 668 g/mol. The van der Waals surface area contributed by atoms with Crippen LogP contribution in [-0.4, -0.2) is 44.4 Å². The predicted octanol–water partition coefficient (Wildman–Crippen LogP) is 7.78. The zero-order valence-electron chi connectivity index (χ0n) is 26.4. The lowest BCUT2D eigenvalue weighted by molar-refractivity contribution is -0.130. The Bertz CT molecular complexity index is 1930. The molecule has 0 spiro atoms. The number of thioether (sulfide) groups is 1. The minimum absolute atomic E-state index is 0.0662. The molecule has 47 heavy (non-hydrogen) atoms. The van der Waals surface area contributed by atoms with Crippen LogP contribution in [-0.2, 0) is 14.4 Å². The quantitative estimate of drug-likeness (QED) is 0.108. The molecule has 240 valence electrons. The third-order valence-corrected chi connectivity index (χ3v) is 8.65. The van der Waals surface area contributed by atoms with Gasteiger partial charge in [-0.15, -0.1) is 11.8 Å². The number of carbonyl (C=O) groups is 3. The third kappa shape index (κ3) is 8.72. The number of rotatable bonds is 11. The SMILES string of the molecule is Cc1ccc(Cl)c(NC(=O)C(Sc2ccccc2NC(=O)CCOc2ccc3cnc(-c4ccccn4)nc3c2)C(=O)C(C)(C)C)c1. The Kier molecular flexibility index (Phi) is 10.5. The normalized spacial score (nSPS) is 11.9. The van der Waals surface area contributed by atoms with Crippen LogP contribution in [0.3, 0.4) is 0 Å². The summed E-state index contributed by atoms with van der Waals surface area (Å²) in [6.07, 6.45) is 3.49. The van der Waals surface area contributed by atoms with Crippen LogP contribution in [0.25, 0.3) is 22.4 Å². The molecule has 2 N–H and O–H groups in total. The molecule has 9 nitrogen and oxygen atoms in total. The maximum Gasteiger partial charge on any atom is 0.245 e. The molecule has 5 aromatic rings. The van der Waals surface area contributed by atoms with Crippen molar-refractivity contribution in [1.29, 1.82) is 0 Å². The first-order valence-corrected chi connectivity index (χ1v) is 16.2. The lowest BCUT2D eigenvalue weighted by Crippen LogP contribution is -2.39. The van der Waals surface area contributed by atoms with Crippen molar-refractivity contribution >= 4 is 63.2 Å². The Morgan fingerprint density at radius 3 is 2.47 bits per heavy atom. The van der Waals surface area contributed by atoms with Crippen LogP contribution in [0.1, 0.15) is 32.8 Å². The van der Waals surface area contributed by atoms with Gasteiger partial charge in [0, 0.05) is 34.2 Å². The van der Waals surface area contributed by atoms with Crippen molar-refractivity contribution in [2.45, 2.75) is 44.3 Å². The second-order valence-electron chi connectivity index (χ2n) is 11.9. The Labute approximate surface area is 282 Å². The van der Waals surface area contributed by atoms with Crippen molar-refractivity contribution in [1.82, 2.24) is 15.0 Å². The van der Waals surface area contributed by atoms with E-state index in [0.29, 0.717) is 44.1 Å². The summed E-state index contributed by atoms with van der Waals surface area (Å²) < 4.78 is 5.89. The number of hydrogen-bond acceptors (Lipinski definition) is 8. The van der Waals surface area contributed by atoms with Gasteiger partial charge in [-0.1, -0.05) is 56.6 Å². The van der Waals surface area contributed by atoms with Crippen molar-refractivity contribution in [2.75, 3.05) is 17.2 Å². The Morgan fingerprint density at radius 2 is 1.70 bits per heavy atom. The molecule has 3 aromatic carbocycles. The molecule has 0 aliphatic heterocycles. The number of nitrogens with zero attached hydrogens (tertiary/aromatic N) is 3. The number of benzene rings is 3. The zero-order chi connectivity index (χ0) is 33.6. The predicted molar refractivity (Wildman–Crippen MR) is 187 cm³/mol. The molecular formula is C36H34ClN5O4S. The Balaban J connectivity index is 1.24. The molecule has 2 amide bonds. The number of ketones is 1. The van der Waals surface area contributed by atoms with Crippen LogP contribution >= 0.6 is 23.4 Å². The summed E-state index contributed by atoms with van der Waals surface area (Å²) in [7, 11) is 0. The van der Waals surface area contributed by atoms with Crippen molar-refractivity contribution in [2.24, 2.45) is 5.41 Å². The Morgan fingerprint density at radius 1 is 0.915 bits per heavy atom. The van der Waals surface area contributed by atoms with E-state index in [0.717, 1.165) is 22.7 Å². The summed E-state index contributed by atoms with van der Waals surface area (Å²) in [6, 6.07) is 23.4. The van der Waals surface area contributed by atoms with Crippen LogP contribution in [0.2, 0.25) is 5.02 Å². The van der Waals surface area contributed by atoms with Crippen LogP contribution < -0.4 is 15.4 Å². The summed E-state index contributed by atoms with van der Waals surface area (Å²) in [6.45, 7) is 7.32. The highest BCUT2D eigenvalue weighted by molar-refractivity contribution is 8.01. The van der Waals surface area contributed by atoms with Gasteiger partial charge in [-0.25, -0.2) is 9.97 Å². The molecule has 2 heterocycles. The third-order valence-electron chi connectivity index (χ3n) is 7.05. The van der Waals surface area contributed by atoms with Crippen molar-refractivity contribution < 1.29 is 19.1 Å². The van der Waals surface area contributed by atoms with Gasteiger partial charge < -0.3 is 15.4 Å². The maximum absolute atomic E-state index is 13.5. The smallest absolute Gasteiger partial charge is 0.245 e. The lowest BCUT2D eigenvalue weighted by atomic mass is 9.88. The summed E-state index contributed by atoms with van der Waals surface area (Å²) >= 11 is 7.40. The molecule has 0 aliphatic carbocycles. The van der Waals surface area contributed by atoms with Crippen LogP contribution in [0.4, 0.5) is 11.4 Å². The number of carbonyl (C=O) groups excluding carboxylic acids is 3. The van der Waals surface area contributed by atoms with Gasteiger partial charge in [0.25, 0.3) is 0 Å². The lowest BCUT2D eigenvalue weighted by Gasteiger charge is -2.24. The van der Waals surface area contributed by atoms with Gasteiger partial charge in [-0.3, -0.25) is 19.4 Å². The Hall–Kier alpha value is -4.80. The minimum Gasteiger partial charge on any atom is -0.493 e. The van der Waals surface area contributed by atoms with E-state index >= 15 is 0 Å². The molecule has 0 aliphatic rings. The topological polar surface area (TPSA) is 123 Å². The molecule has 5 rings (SSSR count). The number of fused-ring (bicyclic) bond motifs is 1. The van der Waals surface area contributed by atoms with Crippen LogP contribution in [0.15, 0.2) is 96.2 Å². The maximum atomic E-state index is 13.5. The van der Waals surface area contributed by atoms with Gasteiger partial charge >= 0.3 is 0 Å². The summed E-state index contributed by atoms with van der Waals surface area (Å²) in [5.74, 6) is 0.0356. The molecule has 11 heteroatoms. The molecule has 0 radical (unpaired) electrons. The summed E-state index contributed by atoms with van der Waals surface area (Å²) in [5.41, 5.74) is 2.40. The number of anilines is 2. The molecule has 1 atom stereocenters. The van der Waals surface area contributed by atoms with E-state index in [9.17, 15) is 14.4 Å². The van der Waals surface area contributed by atoms with E-state index in [1.807, 2.05) is 37.3 Å². The highest BCUT2D eigenvalue weighted by atomic mass is 35.5. The van der Waals surface area contributed by atoms with Gasteiger partial charge in [0.05, 0.1) is 34.9 Å². The van der Waals surface area contributed by atoms with E-state index in [1.54, 1.807) is 81.7 Å². The average Bonchev–Trinajstić information content (AvgIpc) is 3.05. The number of pyridine rings is 1. The second kappa shape index (κ2) is 14.7. The number of para-hydroxylation sites is 1. The van der Waals surface area contributed by atoms with E-state index in [4.69, 9.17) is 16.3 Å². The molecular weight excluding hydrogens is 634 g/mol. The number of halogens is 1. The number of aromatic nitrogens is 3. The first-order valence-electron chi connectivity index (χ1n) is 15.0. The van der Waals surface area contributed by atoms with E-state index in [1.165, 1.54) is 0 Å². The first kappa shape index (κ1) is 33.6. The second-order valence-corrected chi connectivity index (χ2v) is 13.4. The molecule has 0 fully saturated rings. The minimum atomic E-state index is -1.09.